The normalized spacial score (nSPS) is 54.2. The topological polar surface area (TPSA) is 83.5 Å². The van der Waals surface area contributed by atoms with E-state index in [1.54, 1.807) is 0 Å². The highest BCUT2D eigenvalue weighted by molar-refractivity contribution is 5.85. The van der Waals surface area contributed by atoms with E-state index in [9.17, 15) is 15.0 Å². The quantitative estimate of drug-likeness (QED) is 0.694. The third kappa shape index (κ3) is 2.29. The number of nitrogens with two attached hydrogens (primary N) is 1. The molecule has 0 radical (unpaired) electrons. The van der Waals surface area contributed by atoms with Crippen molar-refractivity contribution in [3.63, 3.8) is 0 Å². The maximum absolute atomic E-state index is 12.1. The van der Waals surface area contributed by atoms with Crippen molar-refractivity contribution in [1.82, 2.24) is 0 Å². The number of hydrogen-bond donors (Lipinski definition) is 3. The third-order valence-corrected chi connectivity index (χ3v) is 9.25. The van der Waals surface area contributed by atoms with Crippen molar-refractivity contribution >= 4 is 18.4 Å². The molecule has 5 rings (SSSR count). The van der Waals surface area contributed by atoms with E-state index in [-0.39, 0.29) is 41.2 Å². The predicted molar refractivity (Wildman–Crippen MR) is 99.5 cm³/mol. The summed E-state index contributed by atoms with van der Waals surface area (Å²) in [6.45, 7) is 4.93. The van der Waals surface area contributed by atoms with Gasteiger partial charge in [0, 0.05) is 11.3 Å². The molecule has 25 heavy (non-hydrogen) atoms. The number of rotatable bonds is 2. The molecule has 0 amide bonds. The fourth-order valence-electron chi connectivity index (χ4n) is 8.05. The number of aliphatic hydroxyl groups excluding tert-OH is 1. The fraction of sp³-hybridized carbons (Fsp3) is 0.950. The van der Waals surface area contributed by atoms with Crippen LogP contribution in [-0.2, 0) is 4.79 Å². The van der Waals surface area contributed by atoms with Crippen molar-refractivity contribution < 1.29 is 15.0 Å². The Morgan fingerprint density at radius 3 is 2.44 bits per heavy atom. The number of carboxylic acid groups (broad SMARTS) is 1. The first-order chi connectivity index (χ1) is 11.3. The lowest BCUT2D eigenvalue weighted by molar-refractivity contribution is -0.243. The van der Waals surface area contributed by atoms with Gasteiger partial charge in [0.05, 0.1) is 11.5 Å². The predicted octanol–water partition coefficient (Wildman–Crippen LogP) is 3.45. The molecule has 0 aliphatic heterocycles. The van der Waals surface area contributed by atoms with Gasteiger partial charge in [0.2, 0.25) is 0 Å². The fourth-order valence-corrected chi connectivity index (χ4v) is 8.05. The second-order valence-corrected chi connectivity index (χ2v) is 9.84. The SMILES string of the molecule is C[C@@]12CCC[C@@](C)(C(=O)O)[C@H]1CC[C@@]13CC[C@@H](C[C@@H]21)[C@H](CN)[C@H]3O.Cl. The Balaban J connectivity index is 0.00000182. The Morgan fingerprint density at radius 2 is 1.80 bits per heavy atom. The van der Waals surface area contributed by atoms with Crippen molar-refractivity contribution in [2.24, 2.45) is 45.7 Å². The van der Waals surface area contributed by atoms with Gasteiger partial charge in [0.25, 0.3) is 0 Å². The molecule has 0 aromatic heterocycles. The zero-order valence-electron chi connectivity index (χ0n) is 15.5. The smallest absolute Gasteiger partial charge is 0.309 e. The van der Waals surface area contributed by atoms with Crippen molar-refractivity contribution in [3.8, 4) is 0 Å². The van der Waals surface area contributed by atoms with Gasteiger partial charge in [0.1, 0.15) is 0 Å². The lowest BCUT2D eigenvalue weighted by Gasteiger charge is -2.69. The summed E-state index contributed by atoms with van der Waals surface area (Å²) in [7, 11) is 0. The number of aliphatic hydroxyl groups is 1. The van der Waals surface area contributed by atoms with Crippen molar-refractivity contribution in [2.45, 2.75) is 71.3 Å². The van der Waals surface area contributed by atoms with Crippen LogP contribution in [-0.4, -0.2) is 28.8 Å². The molecule has 4 N–H and O–H groups in total. The van der Waals surface area contributed by atoms with Gasteiger partial charge in [-0.25, -0.2) is 0 Å². The first kappa shape index (κ1) is 19.4. The number of hydrogen-bond acceptors (Lipinski definition) is 3. The molecule has 5 aliphatic carbocycles. The van der Waals surface area contributed by atoms with Crippen LogP contribution in [0.3, 0.4) is 0 Å². The Labute approximate surface area is 157 Å². The van der Waals surface area contributed by atoms with Crippen LogP contribution < -0.4 is 5.73 Å². The summed E-state index contributed by atoms with van der Waals surface area (Å²) in [6.07, 6.45) is 8.07. The molecule has 144 valence electrons. The van der Waals surface area contributed by atoms with Gasteiger partial charge in [-0.3, -0.25) is 4.79 Å². The molecule has 0 aromatic carbocycles. The maximum atomic E-state index is 12.1. The molecule has 8 atom stereocenters. The molecule has 5 saturated carbocycles. The number of carbonyl (C=O) groups is 1. The summed E-state index contributed by atoms with van der Waals surface area (Å²) in [6, 6.07) is 0. The average molecular weight is 372 g/mol. The lowest BCUT2D eigenvalue weighted by atomic mass is 9.35. The summed E-state index contributed by atoms with van der Waals surface area (Å²) in [5.74, 6) is 0.889. The molecule has 4 nitrogen and oxygen atoms in total. The van der Waals surface area contributed by atoms with Gasteiger partial charge >= 0.3 is 5.97 Å². The van der Waals surface area contributed by atoms with E-state index in [2.05, 4.69) is 6.92 Å². The van der Waals surface area contributed by atoms with Crippen LogP contribution >= 0.6 is 12.4 Å². The first-order valence-electron chi connectivity index (χ1n) is 9.91. The molecule has 0 saturated heterocycles. The van der Waals surface area contributed by atoms with Crippen LogP contribution in [0.2, 0.25) is 0 Å². The van der Waals surface area contributed by atoms with E-state index in [4.69, 9.17) is 5.73 Å². The molecule has 0 heterocycles. The molecule has 1 spiro atoms. The van der Waals surface area contributed by atoms with Crippen molar-refractivity contribution in [1.29, 1.82) is 0 Å². The second-order valence-electron chi connectivity index (χ2n) is 9.84. The number of fused-ring (bicyclic) bond motifs is 3. The minimum Gasteiger partial charge on any atom is -0.481 e. The summed E-state index contributed by atoms with van der Waals surface area (Å²) >= 11 is 0. The van der Waals surface area contributed by atoms with Gasteiger partial charge in [-0.1, -0.05) is 13.3 Å². The highest BCUT2D eigenvalue weighted by atomic mass is 35.5. The zero-order valence-corrected chi connectivity index (χ0v) is 16.4. The molecule has 5 aliphatic rings. The first-order valence-corrected chi connectivity index (χ1v) is 9.91. The van der Waals surface area contributed by atoms with Crippen LogP contribution in [0, 0.1) is 39.9 Å². The van der Waals surface area contributed by atoms with Crippen LogP contribution in [0.1, 0.15) is 65.2 Å². The van der Waals surface area contributed by atoms with E-state index < -0.39 is 11.4 Å². The Hall–Kier alpha value is -0.320. The van der Waals surface area contributed by atoms with E-state index >= 15 is 0 Å². The Bertz CT molecular complexity index is 557. The van der Waals surface area contributed by atoms with Crippen LogP contribution in [0.25, 0.3) is 0 Å². The van der Waals surface area contributed by atoms with Crippen molar-refractivity contribution in [3.05, 3.63) is 0 Å². The lowest BCUT2D eigenvalue weighted by Crippen LogP contribution is -2.67. The summed E-state index contributed by atoms with van der Waals surface area (Å²) in [4.78, 5) is 12.1. The zero-order chi connectivity index (χ0) is 17.3. The van der Waals surface area contributed by atoms with E-state index in [1.165, 1.54) is 6.42 Å². The van der Waals surface area contributed by atoms with Gasteiger partial charge in [-0.15, -0.1) is 12.4 Å². The number of carboxylic acids is 1. The van der Waals surface area contributed by atoms with Crippen LogP contribution in [0.5, 0.6) is 0 Å². The van der Waals surface area contributed by atoms with Gasteiger partial charge < -0.3 is 15.9 Å². The summed E-state index contributed by atoms with van der Waals surface area (Å²) < 4.78 is 0. The molecular weight excluding hydrogens is 338 g/mol. The van der Waals surface area contributed by atoms with E-state index in [0.717, 1.165) is 44.9 Å². The van der Waals surface area contributed by atoms with Crippen molar-refractivity contribution in [2.75, 3.05) is 6.54 Å². The maximum Gasteiger partial charge on any atom is 0.309 e. The minimum atomic E-state index is -0.615. The number of aliphatic carboxylic acids is 1. The largest absolute Gasteiger partial charge is 0.481 e. The average Bonchev–Trinajstić information content (AvgIpc) is 2.55. The molecular formula is C20H34ClNO3. The van der Waals surface area contributed by atoms with Gasteiger partial charge in [-0.2, -0.15) is 0 Å². The van der Waals surface area contributed by atoms with Crippen LogP contribution in [0.4, 0.5) is 0 Å². The summed E-state index contributed by atoms with van der Waals surface area (Å²) in [5, 5.41) is 21.1. The van der Waals surface area contributed by atoms with E-state index in [1.807, 2.05) is 6.92 Å². The minimum absolute atomic E-state index is 0. The molecule has 0 aromatic rings. The molecule has 0 unspecified atom stereocenters. The van der Waals surface area contributed by atoms with E-state index in [0.29, 0.717) is 18.4 Å². The molecule has 5 heteroatoms. The van der Waals surface area contributed by atoms with Gasteiger partial charge in [-0.05, 0) is 81.6 Å². The van der Waals surface area contributed by atoms with Crippen LogP contribution in [0.15, 0.2) is 0 Å². The summed E-state index contributed by atoms with van der Waals surface area (Å²) in [5.41, 5.74) is 5.47. The molecule has 2 bridgehead atoms. The highest BCUT2D eigenvalue weighted by Crippen LogP contribution is 2.72. The Kier molecular flexibility index (Phi) is 4.75. The highest BCUT2D eigenvalue weighted by Gasteiger charge is 2.68. The number of halogens is 1. The van der Waals surface area contributed by atoms with Gasteiger partial charge in [0.15, 0.2) is 0 Å². The third-order valence-electron chi connectivity index (χ3n) is 9.25. The monoisotopic (exact) mass is 371 g/mol. The molecule has 5 fully saturated rings. The second kappa shape index (κ2) is 6.10. The Morgan fingerprint density at radius 1 is 1.12 bits per heavy atom. The standard InChI is InChI=1S/C20H33NO3.ClH/c1-18-6-3-7-19(2,17(23)24)14(18)5-9-20-8-4-12(10-15(18)20)13(11-21)16(20)22;/h12-16,22H,3-11,21H2,1-2H3,(H,23,24);1H/t12-,13-,14-,15-,16+,18+,19+,20-;/m0./s1.